The molecule has 5 heteroatoms. The van der Waals surface area contributed by atoms with E-state index in [4.69, 9.17) is 4.74 Å². The zero-order valence-electron chi connectivity index (χ0n) is 9.26. The zero-order valence-corrected chi connectivity index (χ0v) is 10.1. The van der Waals surface area contributed by atoms with Gasteiger partial charge in [0.05, 0.1) is 29.1 Å². The lowest BCUT2D eigenvalue weighted by Crippen LogP contribution is -2.36. The van der Waals surface area contributed by atoms with Crippen molar-refractivity contribution in [2.45, 2.75) is 0 Å². The van der Waals surface area contributed by atoms with Gasteiger partial charge in [-0.15, -0.1) is 11.3 Å². The van der Waals surface area contributed by atoms with Gasteiger partial charge in [0.15, 0.2) is 11.3 Å². The van der Waals surface area contributed by atoms with Crippen molar-refractivity contribution in [2.75, 3.05) is 31.2 Å². The van der Waals surface area contributed by atoms with Crippen molar-refractivity contribution >= 4 is 33.5 Å². The number of thiazole rings is 1. The molecule has 3 rings (SSSR count). The van der Waals surface area contributed by atoms with Gasteiger partial charge in [-0.2, -0.15) is 0 Å². The molecule has 0 saturated carbocycles. The molecule has 0 bridgehead atoms. The van der Waals surface area contributed by atoms with Crippen LogP contribution in [-0.4, -0.2) is 37.6 Å². The van der Waals surface area contributed by atoms with E-state index in [0.29, 0.717) is 5.01 Å². The maximum atomic E-state index is 10.8. The molecule has 0 aliphatic carbocycles. The van der Waals surface area contributed by atoms with Crippen molar-refractivity contribution in [1.82, 2.24) is 4.98 Å². The van der Waals surface area contributed by atoms with Gasteiger partial charge in [-0.1, -0.05) is 6.07 Å². The highest BCUT2D eigenvalue weighted by molar-refractivity contribution is 7.20. The second-order valence-corrected chi connectivity index (χ2v) is 4.93. The van der Waals surface area contributed by atoms with Crippen LogP contribution in [0.15, 0.2) is 18.2 Å². The summed E-state index contributed by atoms with van der Waals surface area (Å²) in [5.74, 6) is 0. The third-order valence-corrected chi connectivity index (χ3v) is 3.88. The molecule has 0 spiro atoms. The van der Waals surface area contributed by atoms with Crippen LogP contribution in [0.2, 0.25) is 0 Å². The third kappa shape index (κ3) is 1.92. The van der Waals surface area contributed by atoms with E-state index < -0.39 is 0 Å². The molecule has 1 aromatic heterocycles. The van der Waals surface area contributed by atoms with Gasteiger partial charge >= 0.3 is 0 Å². The summed E-state index contributed by atoms with van der Waals surface area (Å²) in [7, 11) is 0. The molecule has 1 saturated heterocycles. The van der Waals surface area contributed by atoms with E-state index in [0.717, 1.165) is 48.5 Å². The van der Waals surface area contributed by atoms with Gasteiger partial charge in [0, 0.05) is 13.1 Å². The largest absolute Gasteiger partial charge is 0.378 e. The Kier molecular flexibility index (Phi) is 2.78. The normalized spacial score (nSPS) is 16.4. The molecule has 2 aromatic rings. The topological polar surface area (TPSA) is 42.4 Å². The fraction of sp³-hybridized carbons (Fsp3) is 0.333. The number of fused-ring (bicyclic) bond motifs is 1. The Morgan fingerprint density at radius 3 is 2.94 bits per heavy atom. The van der Waals surface area contributed by atoms with Crippen molar-refractivity contribution in [3.05, 3.63) is 23.2 Å². The van der Waals surface area contributed by atoms with Gasteiger partial charge in [-0.25, -0.2) is 4.98 Å². The first-order valence-electron chi connectivity index (χ1n) is 5.56. The number of hydrogen-bond acceptors (Lipinski definition) is 5. The second kappa shape index (κ2) is 4.43. The average Bonchev–Trinajstić information content (AvgIpc) is 2.82. The van der Waals surface area contributed by atoms with E-state index in [1.54, 1.807) is 0 Å². The lowest BCUT2D eigenvalue weighted by molar-refractivity contribution is 0.112. The number of anilines is 1. The number of rotatable bonds is 2. The van der Waals surface area contributed by atoms with Crippen LogP contribution in [-0.2, 0) is 4.74 Å². The molecule has 4 nitrogen and oxygen atoms in total. The zero-order chi connectivity index (χ0) is 11.7. The van der Waals surface area contributed by atoms with Crippen molar-refractivity contribution < 1.29 is 9.53 Å². The minimum Gasteiger partial charge on any atom is -0.378 e. The summed E-state index contributed by atoms with van der Waals surface area (Å²) < 4.78 is 6.44. The SMILES string of the molecule is O=Cc1nc2cccc(N3CCOCC3)c2s1. The Bertz CT molecular complexity index is 546. The summed E-state index contributed by atoms with van der Waals surface area (Å²) in [4.78, 5) is 17.3. The van der Waals surface area contributed by atoms with E-state index in [-0.39, 0.29) is 0 Å². The summed E-state index contributed by atoms with van der Waals surface area (Å²) >= 11 is 1.46. The Labute approximate surface area is 103 Å². The molecule has 17 heavy (non-hydrogen) atoms. The number of nitrogens with zero attached hydrogens (tertiary/aromatic N) is 2. The summed E-state index contributed by atoms with van der Waals surface area (Å²) in [6.07, 6.45) is 0.813. The molecule has 0 atom stereocenters. The number of benzene rings is 1. The molecule has 0 amide bonds. The van der Waals surface area contributed by atoms with Crippen LogP contribution in [0.1, 0.15) is 9.80 Å². The maximum Gasteiger partial charge on any atom is 0.178 e. The smallest absolute Gasteiger partial charge is 0.178 e. The molecular weight excluding hydrogens is 236 g/mol. The van der Waals surface area contributed by atoms with E-state index >= 15 is 0 Å². The van der Waals surface area contributed by atoms with E-state index in [1.165, 1.54) is 11.3 Å². The Morgan fingerprint density at radius 2 is 2.18 bits per heavy atom. The summed E-state index contributed by atoms with van der Waals surface area (Å²) in [6, 6.07) is 6.02. The van der Waals surface area contributed by atoms with Crippen LogP contribution in [0.3, 0.4) is 0 Å². The molecule has 1 aliphatic rings. The van der Waals surface area contributed by atoms with E-state index in [9.17, 15) is 4.79 Å². The van der Waals surface area contributed by atoms with Crippen LogP contribution < -0.4 is 4.90 Å². The van der Waals surface area contributed by atoms with Crippen LogP contribution >= 0.6 is 11.3 Å². The molecule has 0 N–H and O–H groups in total. The highest BCUT2D eigenvalue weighted by Crippen LogP contribution is 2.31. The maximum absolute atomic E-state index is 10.8. The first-order chi connectivity index (χ1) is 8.38. The van der Waals surface area contributed by atoms with Crippen LogP contribution in [0.5, 0.6) is 0 Å². The molecule has 1 aromatic carbocycles. The number of ether oxygens (including phenoxy) is 1. The van der Waals surface area contributed by atoms with Crippen molar-refractivity contribution in [3.8, 4) is 0 Å². The van der Waals surface area contributed by atoms with Crippen LogP contribution in [0, 0.1) is 0 Å². The Balaban J connectivity index is 2.08. The first-order valence-corrected chi connectivity index (χ1v) is 6.37. The molecule has 1 aliphatic heterocycles. The highest BCUT2D eigenvalue weighted by atomic mass is 32.1. The summed E-state index contributed by atoms with van der Waals surface area (Å²) in [5.41, 5.74) is 2.07. The standard InChI is InChI=1S/C12H12N2O2S/c15-8-11-13-9-2-1-3-10(12(9)17-11)14-4-6-16-7-5-14/h1-3,8H,4-7H2. The van der Waals surface area contributed by atoms with Crippen molar-refractivity contribution in [2.24, 2.45) is 0 Å². The monoisotopic (exact) mass is 248 g/mol. The fourth-order valence-corrected chi connectivity index (χ4v) is 2.98. The average molecular weight is 248 g/mol. The van der Waals surface area contributed by atoms with Crippen LogP contribution in [0.25, 0.3) is 10.2 Å². The third-order valence-electron chi connectivity index (χ3n) is 2.86. The van der Waals surface area contributed by atoms with Gasteiger partial charge in [-0.3, -0.25) is 4.79 Å². The number of hydrogen-bond donors (Lipinski definition) is 0. The van der Waals surface area contributed by atoms with E-state index in [1.807, 2.05) is 12.1 Å². The van der Waals surface area contributed by atoms with Gasteiger partial charge in [0.1, 0.15) is 0 Å². The lowest BCUT2D eigenvalue weighted by Gasteiger charge is -2.29. The molecule has 2 heterocycles. The molecule has 0 unspecified atom stereocenters. The lowest BCUT2D eigenvalue weighted by atomic mass is 10.2. The van der Waals surface area contributed by atoms with Gasteiger partial charge in [-0.05, 0) is 12.1 Å². The second-order valence-electron chi connectivity index (χ2n) is 3.89. The van der Waals surface area contributed by atoms with E-state index in [2.05, 4.69) is 16.0 Å². The number of morpholine rings is 1. The molecule has 0 radical (unpaired) electrons. The fourth-order valence-electron chi connectivity index (χ4n) is 2.06. The summed E-state index contributed by atoms with van der Waals surface area (Å²) in [6.45, 7) is 3.31. The predicted octanol–water partition coefficient (Wildman–Crippen LogP) is 1.95. The quantitative estimate of drug-likeness (QED) is 0.762. The van der Waals surface area contributed by atoms with Gasteiger partial charge in [0.25, 0.3) is 0 Å². The highest BCUT2D eigenvalue weighted by Gasteiger charge is 2.15. The first kappa shape index (κ1) is 10.7. The van der Waals surface area contributed by atoms with Crippen LogP contribution in [0.4, 0.5) is 5.69 Å². The minimum absolute atomic E-state index is 0.542. The Hall–Kier alpha value is -1.46. The number of carbonyl (C=O) groups excluding carboxylic acids is 1. The van der Waals surface area contributed by atoms with Gasteiger partial charge < -0.3 is 9.64 Å². The number of aromatic nitrogens is 1. The minimum atomic E-state index is 0.542. The predicted molar refractivity (Wildman–Crippen MR) is 68.0 cm³/mol. The van der Waals surface area contributed by atoms with Gasteiger partial charge in [0.2, 0.25) is 0 Å². The number of carbonyl (C=O) groups is 1. The Morgan fingerprint density at radius 1 is 1.35 bits per heavy atom. The van der Waals surface area contributed by atoms with Crippen molar-refractivity contribution in [3.63, 3.8) is 0 Å². The van der Waals surface area contributed by atoms with Crippen molar-refractivity contribution in [1.29, 1.82) is 0 Å². The molecule has 1 fully saturated rings. The summed E-state index contributed by atoms with van der Waals surface area (Å²) in [5, 5.41) is 0.542. The molecule has 88 valence electrons. The number of aldehydes is 1. The molecular formula is C12H12N2O2S.